The minimum Gasteiger partial charge on any atom is -0.472 e. The van der Waals surface area contributed by atoms with Gasteiger partial charge in [0.1, 0.15) is 0 Å². The molecule has 2 nitrogen and oxygen atoms in total. The normalized spacial score (nSPS) is 31.3. The van der Waals surface area contributed by atoms with E-state index in [4.69, 9.17) is 4.42 Å². The van der Waals surface area contributed by atoms with E-state index in [-0.39, 0.29) is 10.8 Å². The summed E-state index contributed by atoms with van der Waals surface area (Å²) >= 11 is 0. The van der Waals surface area contributed by atoms with E-state index in [1.807, 2.05) is 12.3 Å². The van der Waals surface area contributed by atoms with E-state index in [0.717, 1.165) is 24.8 Å². The van der Waals surface area contributed by atoms with E-state index in [1.165, 1.54) is 30.4 Å². The first-order chi connectivity index (χ1) is 10.3. The van der Waals surface area contributed by atoms with E-state index >= 15 is 0 Å². The van der Waals surface area contributed by atoms with Crippen molar-refractivity contribution >= 4 is 5.78 Å². The number of Topliss-reactive ketones (excluding diaryl/α,β-unsaturated/α-hetero) is 1. The lowest BCUT2D eigenvalue weighted by molar-refractivity contribution is -0.122. The van der Waals surface area contributed by atoms with E-state index in [1.54, 1.807) is 6.26 Å². The molecule has 1 saturated carbocycles. The first-order valence-corrected chi connectivity index (χ1v) is 8.59. The Labute approximate surface area is 134 Å². The average Bonchev–Trinajstić information content (AvgIpc) is 2.94. The third-order valence-corrected chi connectivity index (χ3v) is 6.42. The van der Waals surface area contributed by atoms with Crippen LogP contribution in [0.4, 0.5) is 0 Å². The van der Waals surface area contributed by atoms with E-state index < -0.39 is 0 Å². The van der Waals surface area contributed by atoms with Crippen LogP contribution in [0.2, 0.25) is 0 Å². The Morgan fingerprint density at radius 2 is 2.00 bits per heavy atom. The SMILES string of the molecule is CC1=C(CCc2ccoc2)[C@@]2(C)CCCC(C)(C)[C@@H]2CC1=O. The molecule has 2 aliphatic rings. The quantitative estimate of drug-likeness (QED) is 0.754. The van der Waals surface area contributed by atoms with Gasteiger partial charge in [-0.15, -0.1) is 0 Å². The molecule has 0 aromatic carbocycles. The number of carbonyl (C=O) groups is 1. The van der Waals surface area contributed by atoms with Crippen molar-refractivity contribution in [2.45, 2.75) is 66.2 Å². The van der Waals surface area contributed by atoms with Crippen molar-refractivity contribution in [3.8, 4) is 0 Å². The summed E-state index contributed by atoms with van der Waals surface area (Å²) in [4.78, 5) is 12.6. The Bertz CT molecular complexity index is 591. The van der Waals surface area contributed by atoms with Crippen LogP contribution in [-0.2, 0) is 11.2 Å². The zero-order chi connectivity index (χ0) is 16.0. The number of fused-ring (bicyclic) bond motifs is 1. The molecule has 3 rings (SSSR count). The lowest BCUT2D eigenvalue weighted by Crippen LogP contribution is -2.47. The molecular weight excluding hydrogens is 272 g/mol. The molecule has 2 atom stereocenters. The van der Waals surface area contributed by atoms with Crippen molar-refractivity contribution in [2.75, 3.05) is 0 Å². The van der Waals surface area contributed by atoms with Crippen molar-refractivity contribution in [2.24, 2.45) is 16.7 Å². The molecule has 0 N–H and O–H groups in total. The van der Waals surface area contributed by atoms with Gasteiger partial charge in [0.15, 0.2) is 5.78 Å². The van der Waals surface area contributed by atoms with Gasteiger partial charge in [0, 0.05) is 6.42 Å². The van der Waals surface area contributed by atoms with E-state index in [9.17, 15) is 4.79 Å². The fraction of sp³-hybridized carbons (Fsp3) is 0.650. The maximum Gasteiger partial charge on any atom is 0.158 e. The van der Waals surface area contributed by atoms with Crippen molar-refractivity contribution in [1.29, 1.82) is 0 Å². The number of allylic oxidation sites excluding steroid dienone is 2. The molecule has 2 aliphatic carbocycles. The highest BCUT2D eigenvalue weighted by Crippen LogP contribution is 2.59. The second-order valence-electron chi connectivity index (χ2n) is 8.17. The van der Waals surface area contributed by atoms with Crippen LogP contribution in [-0.4, -0.2) is 5.78 Å². The monoisotopic (exact) mass is 300 g/mol. The summed E-state index contributed by atoms with van der Waals surface area (Å²) in [6, 6.07) is 2.03. The molecule has 0 aliphatic heterocycles. The molecule has 0 amide bonds. The predicted octanol–water partition coefficient (Wildman–Crippen LogP) is 5.33. The van der Waals surface area contributed by atoms with Crippen LogP contribution in [0, 0.1) is 16.7 Å². The first kappa shape index (κ1) is 15.6. The van der Waals surface area contributed by atoms with Crippen LogP contribution in [0.3, 0.4) is 0 Å². The summed E-state index contributed by atoms with van der Waals surface area (Å²) in [6.45, 7) is 9.18. The van der Waals surface area contributed by atoms with Crippen LogP contribution in [0.25, 0.3) is 0 Å². The number of aryl methyl sites for hydroxylation is 1. The summed E-state index contributed by atoms with van der Waals surface area (Å²) in [5.74, 6) is 0.865. The Kier molecular flexibility index (Phi) is 3.82. The Morgan fingerprint density at radius 3 is 2.68 bits per heavy atom. The molecule has 0 bridgehead atoms. The van der Waals surface area contributed by atoms with Crippen molar-refractivity contribution in [1.82, 2.24) is 0 Å². The van der Waals surface area contributed by atoms with Gasteiger partial charge in [0.05, 0.1) is 12.5 Å². The van der Waals surface area contributed by atoms with Crippen molar-refractivity contribution in [3.05, 3.63) is 35.3 Å². The van der Waals surface area contributed by atoms with E-state index in [2.05, 4.69) is 27.7 Å². The summed E-state index contributed by atoms with van der Waals surface area (Å²) in [5.41, 5.74) is 4.16. The maximum atomic E-state index is 12.6. The van der Waals surface area contributed by atoms with Crippen LogP contribution in [0.5, 0.6) is 0 Å². The number of rotatable bonds is 3. The fourth-order valence-corrected chi connectivity index (χ4v) is 5.10. The minimum absolute atomic E-state index is 0.198. The molecule has 0 unspecified atom stereocenters. The molecule has 2 heteroatoms. The van der Waals surface area contributed by atoms with Gasteiger partial charge >= 0.3 is 0 Å². The number of hydrogen-bond donors (Lipinski definition) is 0. The molecule has 1 aromatic rings. The maximum absolute atomic E-state index is 12.6. The smallest absolute Gasteiger partial charge is 0.158 e. The number of ketones is 1. The van der Waals surface area contributed by atoms with Gasteiger partial charge in [-0.25, -0.2) is 0 Å². The Morgan fingerprint density at radius 1 is 1.23 bits per heavy atom. The Hall–Kier alpha value is -1.31. The van der Waals surface area contributed by atoms with Gasteiger partial charge in [-0.3, -0.25) is 4.79 Å². The minimum atomic E-state index is 0.198. The second kappa shape index (κ2) is 5.40. The third-order valence-electron chi connectivity index (χ3n) is 6.42. The highest BCUT2D eigenvalue weighted by molar-refractivity contribution is 5.97. The molecule has 22 heavy (non-hydrogen) atoms. The van der Waals surface area contributed by atoms with Gasteiger partial charge in [0.25, 0.3) is 0 Å². The van der Waals surface area contributed by atoms with Gasteiger partial charge in [-0.1, -0.05) is 32.8 Å². The van der Waals surface area contributed by atoms with Crippen LogP contribution < -0.4 is 0 Å². The highest BCUT2D eigenvalue weighted by Gasteiger charge is 2.51. The topological polar surface area (TPSA) is 30.2 Å². The molecular formula is C20H28O2. The predicted molar refractivity (Wildman–Crippen MR) is 88.6 cm³/mol. The van der Waals surface area contributed by atoms with Gasteiger partial charge in [-0.2, -0.15) is 0 Å². The molecule has 0 spiro atoms. The molecule has 1 aromatic heterocycles. The van der Waals surface area contributed by atoms with Crippen molar-refractivity contribution < 1.29 is 9.21 Å². The van der Waals surface area contributed by atoms with Crippen LogP contribution in [0.15, 0.2) is 34.2 Å². The van der Waals surface area contributed by atoms with Gasteiger partial charge in [0.2, 0.25) is 0 Å². The molecule has 0 radical (unpaired) electrons. The average molecular weight is 300 g/mol. The van der Waals surface area contributed by atoms with Crippen molar-refractivity contribution in [3.63, 3.8) is 0 Å². The summed E-state index contributed by atoms with van der Waals surface area (Å²) in [7, 11) is 0. The standard InChI is InChI=1S/C20H28O2/c1-14-16(7-6-15-8-11-22-13-15)20(4)10-5-9-19(2,3)18(20)12-17(14)21/h8,11,13,18H,5-7,9-10,12H2,1-4H3/t18-,20+/m0/s1. The summed E-state index contributed by atoms with van der Waals surface area (Å²) < 4.78 is 5.18. The van der Waals surface area contributed by atoms with Gasteiger partial charge < -0.3 is 4.42 Å². The van der Waals surface area contributed by atoms with Crippen LogP contribution in [0.1, 0.15) is 65.4 Å². The lowest BCUT2D eigenvalue weighted by Gasteiger charge is -2.54. The summed E-state index contributed by atoms with van der Waals surface area (Å²) in [6.07, 6.45) is 10.0. The summed E-state index contributed by atoms with van der Waals surface area (Å²) in [5, 5.41) is 0. The molecule has 120 valence electrons. The molecule has 1 heterocycles. The molecule has 1 fully saturated rings. The van der Waals surface area contributed by atoms with Crippen LogP contribution >= 0.6 is 0 Å². The lowest BCUT2D eigenvalue weighted by atomic mass is 9.49. The number of hydrogen-bond acceptors (Lipinski definition) is 2. The number of carbonyl (C=O) groups excluding carboxylic acids is 1. The first-order valence-electron chi connectivity index (χ1n) is 8.59. The zero-order valence-corrected chi connectivity index (χ0v) is 14.4. The third kappa shape index (κ3) is 2.47. The molecule has 0 saturated heterocycles. The largest absolute Gasteiger partial charge is 0.472 e. The second-order valence-corrected chi connectivity index (χ2v) is 8.17. The Balaban J connectivity index is 1.93. The fourth-order valence-electron chi connectivity index (χ4n) is 5.10. The van der Waals surface area contributed by atoms with E-state index in [0.29, 0.717) is 11.7 Å². The van der Waals surface area contributed by atoms with Gasteiger partial charge in [-0.05, 0) is 66.6 Å². The zero-order valence-electron chi connectivity index (χ0n) is 14.4. The highest BCUT2D eigenvalue weighted by atomic mass is 16.3. The number of furan rings is 1.